The van der Waals surface area contributed by atoms with E-state index in [0.717, 1.165) is 18.4 Å². The monoisotopic (exact) mass is 468 g/mol. The molecule has 0 aromatic rings. The highest BCUT2D eigenvalue weighted by atomic mass is 127. The van der Waals surface area contributed by atoms with Crippen molar-refractivity contribution in [3.05, 3.63) is 0 Å². The van der Waals surface area contributed by atoms with Crippen molar-refractivity contribution in [2.75, 3.05) is 39.8 Å². The first kappa shape index (κ1) is 24.9. The number of hydrogen-bond acceptors (Lipinski definition) is 3. The summed E-state index contributed by atoms with van der Waals surface area (Å²) in [6.45, 7) is 18.4. The molecule has 0 radical (unpaired) electrons. The Morgan fingerprint density at radius 3 is 2.28 bits per heavy atom. The van der Waals surface area contributed by atoms with Gasteiger partial charge in [-0.2, -0.15) is 0 Å². The van der Waals surface area contributed by atoms with Crippen LogP contribution in [0.2, 0.25) is 0 Å². The fourth-order valence-corrected chi connectivity index (χ4v) is 3.17. The molecular weight excluding hydrogens is 427 g/mol. The summed E-state index contributed by atoms with van der Waals surface area (Å²) in [6, 6.07) is 0.516. The summed E-state index contributed by atoms with van der Waals surface area (Å²) in [6.07, 6.45) is 2.50. The van der Waals surface area contributed by atoms with Crippen LogP contribution in [0.4, 0.5) is 0 Å². The SMILES string of the molecule is CCNC(=NCC(OC)C(C)(C)C)NC1CCN(CC(C)C)CC1.I. The van der Waals surface area contributed by atoms with Crippen LogP contribution in [0.15, 0.2) is 4.99 Å². The summed E-state index contributed by atoms with van der Waals surface area (Å²) in [4.78, 5) is 7.35. The van der Waals surface area contributed by atoms with Gasteiger partial charge in [0.15, 0.2) is 5.96 Å². The number of aliphatic imine (C=N–C) groups is 1. The van der Waals surface area contributed by atoms with Gasteiger partial charge in [-0.25, -0.2) is 0 Å². The molecule has 1 aliphatic heterocycles. The van der Waals surface area contributed by atoms with Crippen molar-refractivity contribution in [2.24, 2.45) is 16.3 Å². The molecule has 1 atom stereocenters. The van der Waals surface area contributed by atoms with Crippen LogP contribution in [0, 0.1) is 11.3 Å². The first-order chi connectivity index (χ1) is 11.3. The lowest BCUT2D eigenvalue weighted by molar-refractivity contribution is 0.0241. The van der Waals surface area contributed by atoms with Crippen molar-refractivity contribution in [1.29, 1.82) is 0 Å². The summed E-state index contributed by atoms with van der Waals surface area (Å²) in [5, 5.41) is 6.99. The summed E-state index contributed by atoms with van der Waals surface area (Å²) in [7, 11) is 1.77. The molecule has 2 N–H and O–H groups in total. The van der Waals surface area contributed by atoms with Crippen LogP contribution >= 0.6 is 24.0 Å². The molecule has 0 spiro atoms. The predicted molar refractivity (Wildman–Crippen MR) is 119 cm³/mol. The van der Waals surface area contributed by atoms with Crippen molar-refractivity contribution < 1.29 is 4.74 Å². The molecule has 6 heteroatoms. The summed E-state index contributed by atoms with van der Waals surface area (Å²) in [5.74, 6) is 1.67. The zero-order valence-corrected chi connectivity index (χ0v) is 19.7. The van der Waals surface area contributed by atoms with Crippen LogP contribution in [-0.2, 0) is 4.74 Å². The Morgan fingerprint density at radius 2 is 1.84 bits per heavy atom. The van der Waals surface area contributed by atoms with E-state index in [0.29, 0.717) is 12.6 Å². The average Bonchev–Trinajstić information content (AvgIpc) is 2.48. The van der Waals surface area contributed by atoms with Crippen LogP contribution < -0.4 is 10.6 Å². The summed E-state index contributed by atoms with van der Waals surface area (Å²) in [5.41, 5.74) is 0.0950. The van der Waals surface area contributed by atoms with Gasteiger partial charge in [-0.05, 0) is 31.1 Å². The largest absolute Gasteiger partial charge is 0.379 e. The minimum absolute atomic E-state index is 0. The molecule has 5 nitrogen and oxygen atoms in total. The van der Waals surface area contributed by atoms with Crippen molar-refractivity contribution >= 4 is 29.9 Å². The second-order valence-electron chi connectivity index (χ2n) is 8.42. The van der Waals surface area contributed by atoms with Gasteiger partial charge in [-0.15, -0.1) is 24.0 Å². The Kier molecular flexibility index (Phi) is 12.3. The fraction of sp³-hybridized carbons (Fsp3) is 0.947. The highest BCUT2D eigenvalue weighted by Crippen LogP contribution is 2.21. The van der Waals surface area contributed by atoms with Crippen LogP contribution in [0.5, 0.6) is 0 Å². The van der Waals surface area contributed by atoms with E-state index >= 15 is 0 Å². The lowest BCUT2D eigenvalue weighted by atomic mass is 9.89. The van der Waals surface area contributed by atoms with Gasteiger partial charge in [0.2, 0.25) is 0 Å². The maximum atomic E-state index is 5.61. The number of ether oxygens (including phenoxy) is 1. The summed E-state index contributed by atoms with van der Waals surface area (Å²) < 4.78 is 5.61. The van der Waals surface area contributed by atoms with Gasteiger partial charge in [-0.3, -0.25) is 4.99 Å². The number of guanidine groups is 1. The third-order valence-electron chi connectivity index (χ3n) is 4.56. The number of halogens is 1. The Labute approximate surface area is 172 Å². The molecule has 0 bridgehead atoms. The minimum atomic E-state index is 0. The van der Waals surface area contributed by atoms with Crippen molar-refractivity contribution in [3.8, 4) is 0 Å². The first-order valence-corrected chi connectivity index (χ1v) is 9.56. The van der Waals surface area contributed by atoms with Gasteiger partial charge >= 0.3 is 0 Å². The number of rotatable bonds is 7. The first-order valence-electron chi connectivity index (χ1n) is 9.56. The Morgan fingerprint density at radius 1 is 1.24 bits per heavy atom. The molecule has 0 aromatic carbocycles. The number of methoxy groups -OCH3 is 1. The number of nitrogens with one attached hydrogen (secondary N) is 2. The molecule has 1 aliphatic rings. The maximum Gasteiger partial charge on any atom is 0.191 e. The predicted octanol–water partition coefficient (Wildman–Crippen LogP) is 3.34. The lowest BCUT2D eigenvalue weighted by Gasteiger charge is -2.34. The van der Waals surface area contributed by atoms with Crippen molar-refractivity contribution in [3.63, 3.8) is 0 Å². The molecule has 0 amide bonds. The quantitative estimate of drug-likeness (QED) is 0.342. The van der Waals surface area contributed by atoms with E-state index in [2.05, 4.69) is 57.1 Å². The molecule has 25 heavy (non-hydrogen) atoms. The van der Waals surface area contributed by atoms with Gasteiger partial charge in [-0.1, -0.05) is 34.6 Å². The topological polar surface area (TPSA) is 48.9 Å². The third-order valence-corrected chi connectivity index (χ3v) is 4.56. The number of nitrogens with zero attached hydrogens (tertiary/aromatic N) is 2. The van der Waals surface area contributed by atoms with Crippen molar-refractivity contribution in [2.45, 2.75) is 66.5 Å². The van der Waals surface area contributed by atoms with Gasteiger partial charge in [0.05, 0.1) is 12.6 Å². The average molecular weight is 468 g/mol. The van der Waals surface area contributed by atoms with Crippen LogP contribution in [0.1, 0.15) is 54.4 Å². The van der Waals surface area contributed by atoms with E-state index in [1.54, 1.807) is 7.11 Å². The lowest BCUT2D eigenvalue weighted by Crippen LogP contribution is -2.49. The van der Waals surface area contributed by atoms with E-state index < -0.39 is 0 Å². The molecule has 0 aliphatic carbocycles. The second kappa shape index (κ2) is 12.3. The Bertz CT molecular complexity index is 374. The number of hydrogen-bond donors (Lipinski definition) is 2. The Hall–Kier alpha value is -0.0800. The molecular formula is C19H41IN4O. The normalized spacial score (nSPS) is 18.8. The second-order valence-corrected chi connectivity index (χ2v) is 8.42. The van der Waals surface area contributed by atoms with Crippen molar-refractivity contribution in [1.82, 2.24) is 15.5 Å². The smallest absolute Gasteiger partial charge is 0.191 e. The van der Waals surface area contributed by atoms with Gasteiger partial charge in [0.25, 0.3) is 0 Å². The van der Waals surface area contributed by atoms with E-state index in [-0.39, 0.29) is 35.5 Å². The van der Waals surface area contributed by atoms with E-state index in [9.17, 15) is 0 Å². The van der Waals surface area contributed by atoms with Gasteiger partial charge < -0.3 is 20.3 Å². The molecule has 1 fully saturated rings. The third kappa shape index (κ3) is 9.99. The Balaban J connectivity index is 0.00000576. The van der Waals surface area contributed by atoms with E-state index in [1.807, 2.05) is 0 Å². The molecule has 1 heterocycles. The highest BCUT2D eigenvalue weighted by Gasteiger charge is 2.25. The number of likely N-dealkylation sites (tertiary alicyclic amines) is 1. The molecule has 1 saturated heterocycles. The molecule has 150 valence electrons. The molecule has 1 unspecified atom stereocenters. The highest BCUT2D eigenvalue weighted by molar-refractivity contribution is 14.0. The van der Waals surface area contributed by atoms with Crippen LogP contribution in [-0.4, -0.2) is 62.8 Å². The molecule has 1 rings (SSSR count). The minimum Gasteiger partial charge on any atom is -0.379 e. The number of piperidine rings is 1. The van der Waals surface area contributed by atoms with E-state index in [4.69, 9.17) is 9.73 Å². The standard InChI is InChI=1S/C19H40N4O.HI/c1-8-20-18(21-13-17(24-7)19(4,5)6)22-16-9-11-23(12-10-16)14-15(2)3;/h15-17H,8-14H2,1-7H3,(H2,20,21,22);1H. The van der Waals surface area contributed by atoms with Gasteiger partial charge in [0.1, 0.15) is 0 Å². The van der Waals surface area contributed by atoms with Crippen LogP contribution in [0.25, 0.3) is 0 Å². The zero-order chi connectivity index (χ0) is 18.2. The fourth-order valence-electron chi connectivity index (χ4n) is 3.17. The maximum absolute atomic E-state index is 5.61. The van der Waals surface area contributed by atoms with Crippen LogP contribution in [0.3, 0.4) is 0 Å². The zero-order valence-electron chi connectivity index (χ0n) is 17.4. The van der Waals surface area contributed by atoms with Gasteiger partial charge in [0, 0.05) is 39.3 Å². The molecule has 0 aromatic heterocycles. The summed E-state index contributed by atoms with van der Waals surface area (Å²) >= 11 is 0. The van der Waals surface area contributed by atoms with E-state index in [1.165, 1.54) is 32.5 Å². The molecule has 0 saturated carbocycles.